The van der Waals surface area contributed by atoms with Crippen molar-refractivity contribution in [3.8, 4) is 11.3 Å². The minimum atomic E-state index is -4.23. The normalized spacial score (nSPS) is 12.9. The number of hydrogen-bond acceptors (Lipinski definition) is 0. The zero-order valence-electron chi connectivity index (χ0n) is 24.2. The number of fused-ring (bicyclic) bond motifs is 1. The van der Waals surface area contributed by atoms with Gasteiger partial charge in [0.2, 0.25) is 5.69 Å². The summed E-state index contributed by atoms with van der Waals surface area (Å²) < 4.78 is 41.9. The lowest BCUT2D eigenvalue weighted by molar-refractivity contribution is -0.659. The first-order chi connectivity index (χ1) is 17.1. The summed E-state index contributed by atoms with van der Waals surface area (Å²) >= 11 is 0. The molecule has 0 spiro atoms. The molecule has 202 valence electrons. The Kier molecular flexibility index (Phi) is 8.99. The highest BCUT2D eigenvalue weighted by Gasteiger charge is 2.37. The van der Waals surface area contributed by atoms with Crippen molar-refractivity contribution in [1.29, 1.82) is 0 Å². The van der Waals surface area contributed by atoms with E-state index in [1.54, 1.807) is 12.1 Å². The number of pyridine rings is 1. The highest BCUT2D eigenvalue weighted by atomic mass is 28.3. The Labute approximate surface area is 223 Å². The molecule has 0 atom stereocenters. The van der Waals surface area contributed by atoms with Crippen molar-refractivity contribution in [3.05, 3.63) is 59.3 Å². The van der Waals surface area contributed by atoms with Crippen LogP contribution in [0.5, 0.6) is 0 Å². The molecule has 0 aliphatic rings. The molecular formula is C32H45F3NSi+. The van der Waals surface area contributed by atoms with Crippen molar-refractivity contribution in [2.45, 2.75) is 86.1 Å². The Hall–Kier alpha value is -2.14. The van der Waals surface area contributed by atoms with Gasteiger partial charge in [0, 0.05) is 6.07 Å². The molecule has 1 heterocycles. The minimum absolute atomic E-state index is 0.316. The van der Waals surface area contributed by atoms with Crippen LogP contribution in [-0.2, 0) is 13.5 Å². The highest BCUT2D eigenvalue weighted by Crippen LogP contribution is 2.35. The molecule has 0 N–H and O–H groups in total. The third-order valence-corrected chi connectivity index (χ3v) is 13.9. The van der Waals surface area contributed by atoms with E-state index >= 15 is 0 Å². The van der Waals surface area contributed by atoms with Crippen molar-refractivity contribution in [1.82, 2.24) is 0 Å². The number of halogens is 3. The molecule has 3 aromatic rings. The summed E-state index contributed by atoms with van der Waals surface area (Å²) in [5.41, 5.74) is 4.10. The second-order valence-electron chi connectivity index (χ2n) is 12.5. The van der Waals surface area contributed by atoms with Gasteiger partial charge >= 0.3 is 6.18 Å². The van der Waals surface area contributed by atoms with E-state index in [1.165, 1.54) is 28.7 Å². The van der Waals surface area contributed by atoms with Crippen LogP contribution in [-0.4, -0.2) is 14.3 Å². The number of hydrogen-bond donors (Lipinski definition) is 0. The van der Waals surface area contributed by atoms with E-state index in [0.717, 1.165) is 27.8 Å². The Morgan fingerprint density at radius 1 is 0.811 bits per heavy atom. The van der Waals surface area contributed by atoms with Crippen molar-refractivity contribution in [2.75, 3.05) is 0 Å². The lowest BCUT2D eigenvalue weighted by atomic mass is 9.93. The van der Waals surface area contributed by atoms with Crippen molar-refractivity contribution in [3.63, 3.8) is 0 Å². The van der Waals surface area contributed by atoms with Gasteiger partial charge in [0.1, 0.15) is 7.05 Å². The molecule has 0 radical (unpaired) electrons. The number of nitrogens with zero attached hydrogens (tertiary/aromatic N) is 1. The molecule has 0 saturated heterocycles. The minimum Gasteiger partial charge on any atom is -0.200 e. The van der Waals surface area contributed by atoms with E-state index in [2.05, 4.69) is 76.6 Å². The highest BCUT2D eigenvalue weighted by molar-refractivity contribution is 6.92. The standard InChI is InChI=1S/C32H45F3NSi/c1-21(2)18-37(19-22(3)4,20-23(5)6)28-10-11-29-27(16-28)12-13-36(9)31(29)30-15-26(17-32(33,34)35)14-24(7)25(30)8/h10-16,21-23H,17-20H2,1-9H3/q+1. The number of alkyl halides is 3. The van der Waals surface area contributed by atoms with E-state index in [0.29, 0.717) is 23.3 Å². The van der Waals surface area contributed by atoms with Gasteiger partial charge < -0.3 is 0 Å². The van der Waals surface area contributed by atoms with E-state index in [1.807, 2.05) is 20.9 Å². The largest absolute Gasteiger partial charge is 0.393 e. The van der Waals surface area contributed by atoms with Crippen molar-refractivity contribution < 1.29 is 17.7 Å². The predicted octanol–water partition coefficient (Wildman–Crippen LogP) is 8.68. The summed E-state index contributed by atoms with van der Waals surface area (Å²) in [7, 11) is 0.214. The second-order valence-corrected chi connectivity index (χ2v) is 16.9. The van der Waals surface area contributed by atoms with E-state index in [4.69, 9.17) is 0 Å². The molecule has 1 nitrogen and oxygen atoms in total. The van der Waals surface area contributed by atoms with Crippen LogP contribution < -0.4 is 9.75 Å². The van der Waals surface area contributed by atoms with Gasteiger partial charge in [-0.2, -0.15) is 13.2 Å². The molecule has 0 fully saturated rings. The molecule has 0 aliphatic carbocycles. The Balaban J connectivity index is 2.25. The Morgan fingerprint density at radius 2 is 1.38 bits per heavy atom. The van der Waals surface area contributed by atoms with E-state index in [-0.39, 0.29) is 0 Å². The molecule has 0 saturated carbocycles. The van der Waals surface area contributed by atoms with Crippen molar-refractivity contribution >= 4 is 24.0 Å². The Morgan fingerprint density at radius 3 is 1.89 bits per heavy atom. The maximum atomic E-state index is 13.3. The lowest BCUT2D eigenvalue weighted by Crippen LogP contribution is -2.50. The van der Waals surface area contributed by atoms with Crippen LogP contribution >= 0.6 is 0 Å². The van der Waals surface area contributed by atoms with Gasteiger partial charge in [-0.15, -0.1) is 0 Å². The predicted molar refractivity (Wildman–Crippen MR) is 154 cm³/mol. The maximum absolute atomic E-state index is 13.3. The molecule has 3 rings (SSSR count). The van der Waals surface area contributed by atoms with Gasteiger partial charge in [-0.05, 0) is 65.8 Å². The average molecular weight is 529 g/mol. The molecular weight excluding hydrogens is 483 g/mol. The van der Waals surface area contributed by atoms with Crippen LogP contribution in [0.15, 0.2) is 42.6 Å². The average Bonchev–Trinajstić information content (AvgIpc) is 2.73. The fourth-order valence-corrected chi connectivity index (χ4v) is 13.3. The summed E-state index contributed by atoms with van der Waals surface area (Å²) in [5, 5.41) is 3.80. The first-order valence-corrected chi connectivity index (χ1v) is 16.3. The molecule has 0 bridgehead atoms. The first kappa shape index (κ1) is 29.4. The number of benzene rings is 2. The SMILES string of the molecule is Cc1cc(CC(F)(F)F)cc(-c2c3ccc([Si](CC(C)C)(CC(C)C)CC(C)C)cc3cc[n+]2C)c1C. The van der Waals surface area contributed by atoms with E-state index in [9.17, 15) is 13.2 Å². The molecule has 2 aromatic carbocycles. The van der Waals surface area contributed by atoms with Crippen LogP contribution in [0.3, 0.4) is 0 Å². The van der Waals surface area contributed by atoms with Gasteiger partial charge in [0.25, 0.3) is 0 Å². The fourth-order valence-electron chi connectivity index (χ4n) is 6.50. The summed E-state index contributed by atoms with van der Waals surface area (Å²) in [6.07, 6.45) is -3.08. The second kappa shape index (κ2) is 11.3. The quantitative estimate of drug-likeness (QED) is 0.193. The van der Waals surface area contributed by atoms with Crippen LogP contribution in [0.25, 0.3) is 22.0 Å². The summed E-state index contributed by atoms with van der Waals surface area (Å²) in [6, 6.07) is 16.4. The van der Waals surface area contributed by atoms with Gasteiger partial charge in [0.15, 0.2) is 6.20 Å². The molecule has 0 aliphatic heterocycles. The van der Waals surface area contributed by atoms with Crippen LogP contribution in [0, 0.1) is 31.6 Å². The summed E-state index contributed by atoms with van der Waals surface area (Å²) in [4.78, 5) is 0. The van der Waals surface area contributed by atoms with Gasteiger partial charge in [-0.1, -0.05) is 83.1 Å². The number of rotatable bonds is 9. The summed E-state index contributed by atoms with van der Waals surface area (Å²) in [5.74, 6) is 1.93. The van der Waals surface area contributed by atoms with Gasteiger partial charge in [-0.3, -0.25) is 0 Å². The topological polar surface area (TPSA) is 3.88 Å². The third-order valence-electron chi connectivity index (χ3n) is 7.53. The molecule has 1 aromatic heterocycles. The maximum Gasteiger partial charge on any atom is 0.393 e. The lowest BCUT2D eigenvalue weighted by Gasteiger charge is -2.37. The fraction of sp³-hybridized carbons (Fsp3) is 0.531. The Bertz CT molecular complexity index is 1210. The molecule has 37 heavy (non-hydrogen) atoms. The number of aryl methyl sites for hydroxylation is 2. The molecule has 0 amide bonds. The molecule has 0 unspecified atom stereocenters. The first-order valence-electron chi connectivity index (χ1n) is 13.7. The van der Waals surface area contributed by atoms with E-state index < -0.39 is 20.7 Å². The van der Waals surface area contributed by atoms with Crippen LogP contribution in [0.1, 0.15) is 58.2 Å². The smallest absolute Gasteiger partial charge is 0.200 e. The zero-order chi connectivity index (χ0) is 27.7. The monoisotopic (exact) mass is 528 g/mol. The molecule has 5 heteroatoms. The van der Waals surface area contributed by atoms with Crippen molar-refractivity contribution in [2.24, 2.45) is 24.8 Å². The number of aromatic nitrogens is 1. The van der Waals surface area contributed by atoms with Crippen LogP contribution in [0.4, 0.5) is 13.2 Å². The van der Waals surface area contributed by atoms with Gasteiger partial charge in [0.05, 0.1) is 25.4 Å². The summed E-state index contributed by atoms with van der Waals surface area (Å²) in [6.45, 7) is 18.0. The van der Waals surface area contributed by atoms with Gasteiger partial charge in [-0.25, -0.2) is 4.57 Å². The third kappa shape index (κ3) is 7.04. The van der Waals surface area contributed by atoms with Crippen LogP contribution in [0.2, 0.25) is 18.1 Å². The zero-order valence-corrected chi connectivity index (χ0v) is 25.2.